The Labute approximate surface area is 161 Å². The van der Waals surface area contributed by atoms with Crippen molar-refractivity contribution in [2.24, 2.45) is 11.7 Å². The molecule has 6 nitrogen and oxygen atoms in total. The summed E-state index contributed by atoms with van der Waals surface area (Å²) in [5.41, 5.74) is 7.58. The van der Waals surface area contributed by atoms with Crippen molar-refractivity contribution in [3.8, 4) is 11.5 Å². The molecule has 1 unspecified atom stereocenters. The number of carbonyl (C=O) groups excluding carboxylic acids is 2. The molecule has 2 heterocycles. The minimum atomic E-state index is -0.484. The summed E-state index contributed by atoms with van der Waals surface area (Å²) in [6.07, 6.45) is 5.19. The molecule has 2 aromatic rings. The Kier molecular flexibility index (Phi) is 4.78. The van der Waals surface area contributed by atoms with E-state index in [-0.39, 0.29) is 12.7 Å². The maximum atomic E-state index is 12.7. The topological polar surface area (TPSA) is 90.7 Å². The van der Waals surface area contributed by atoms with Gasteiger partial charge in [0.25, 0.3) is 11.8 Å². The van der Waals surface area contributed by atoms with E-state index >= 15 is 0 Å². The van der Waals surface area contributed by atoms with Crippen LogP contribution >= 0.6 is 11.3 Å². The van der Waals surface area contributed by atoms with E-state index in [1.54, 1.807) is 18.2 Å². The van der Waals surface area contributed by atoms with Crippen LogP contribution in [0.1, 0.15) is 57.3 Å². The van der Waals surface area contributed by atoms with Crippen molar-refractivity contribution in [1.29, 1.82) is 0 Å². The summed E-state index contributed by atoms with van der Waals surface area (Å²) in [5.74, 6) is 1.03. The van der Waals surface area contributed by atoms with Gasteiger partial charge in [-0.15, -0.1) is 11.3 Å². The lowest BCUT2D eigenvalue weighted by Crippen LogP contribution is -2.20. The van der Waals surface area contributed by atoms with Crippen molar-refractivity contribution in [3.05, 3.63) is 39.8 Å². The van der Waals surface area contributed by atoms with Crippen LogP contribution in [0.25, 0.3) is 0 Å². The first-order chi connectivity index (χ1) is 13.1. The molecule has 2 aliphatic rings. The van der Waals surface area contributed by atoms with Crippen LogP contribution in [0.15, 0.2) is 18.2 Å². The van der Waals surface area contributed by atoms with E-state index in [1.807, 2.05) is 0 Å². The van der Waals surface area contributed by atoms with Gasteiger partial charge in [0.1, 0.15) is 5.00 Å². The minimum absolute atomic E-state index is 0.156. The quantitative estimate of drug-likeness (QED) is 0.819. The van der Waals surface area contributed by atoms with E-state index < -0.39 is 5.91 Å². The molecule has 1 aliphatic carbocycles. The second-order valence-corrected chi connectivity index (χ2v) is 8.10. The molecule has 0 fully saturated rings. The molecule has 0 saturated heterocycles. The third kappa shape index (κ3) is 3.39. The number of fused-ring (bicyclic) bond motifs is 2. The summed E-state index contributed by atoms with van der Waals surface area (Å²) in [6, 6.07) is 5.03. The summed E-state index contributed by atoms with van der Waals surface area (Å²) in [5, 5.41) is 3.43. The fourth-order valence-electron chi connectivity index (χ4n) is 3.87. The number of nitrogens with two attached hydrogens (primary N) is 1. The van der Waals surface area contributed by atoms with E-state index in [0.717, 1.165) is 31.2 Å². The molecule has 0 spiro atoms. The summed E-state index contributed by atoms with van der Waals surface area (Å²) in [4.78, 5) is 26.0. The van der Waals surface area contributed by atoms with Gasteiger partial charge in [-0.05, 0) is 48.9 Å². The molecular formula is C20H22N2O4S. The zero-order valence-electron chi connectivity index (χ0n) is 15.2. The number of ether oxygens (including phenoxy) is 2. The molecule has 142 valence electrons. The van der Waals surface area contributed by atoms with Crippen LogP contribution in [0, 0.1) is 5.92 Å². The van der Waals surface area contributed by atoms with Gasteiger partial charge in [-0.25, -0.2) is 0 Å². The lowest BCUT2D eigenvalue weighted by atomic mass is 9.84. The molecule has 27 heavy (non-hydrogen) atoms. The number of amides is 2. The monoisotopic (exact) mass is 386 g/mol. The molecule has 2 amide bonds. The molecule has 1 aromatic carbocycles. The van der Waals surface area contributed by atoms with Crippen molar-refractivity contribution >= 4 is 28.2 Å². The second-order valence-electron chi connectivity index (χ2n) is 6.99. The Morgan fingerprint density at radius 2 is 2.11 bits per heavy atom. The summed E-state index contributed by atoms with van der Waals surface area (Å²) >= 11 is 1.48. The van der Waals surface area contributed by atoms with Crippen molar-refractivity contribution in [1.82, 2.24) is 0 Å². The molecule has 7 heteroatoms. The van der Waals surface area contributed by atoms with Crippen molar-refractivity contribution in [2.75, 3.05) is 12.1 Å². The molecule has 3 N–H and O–H groups in total. The second kappa shape index (κ2) is 7.23. The molecule has 1 aromatic heterocycles. The highest BCUT2D eigenvalue weighted by Gasteiger charge is 2.28. The van der Waals surface area contributed by atoms with E-state index in [0.29, 0.717) is 33.5 Å². The SMILES string of the molecule is CCCC1CCc2c(sc(NC(=O)c3ccc4c(c3)OCO4)c2C(N)=O)C1. The number of rotatable bonds is 5. The third-order valence-corrected chi connectivity index (χ3v) is 6.34. The highest BCUT2D eigenvalue weighted by atomic mass is 32.1. The zero-order valence-corrected chi connectivity index (χ0v) is 16.0. The van der Waals surface area contributed by atoms with Gasteiger partial charge in [-0.3, -0.25) is 9.59 Å². The van der Waals surface area contributed by atoms with E-state index in [9.17, 15) is 9.59 Å². The van der Waals surface area contributed by atoms with E-state index in [4.69, 9.17) is 15.2 Å². The Balaban J connectivity index is 1.60. The number of hydrogen-bond donors (Lipinski definition) is 2. The number of primary amides is 1. The van der Waals surface area contributed by atoms with Gasteiger partial charge >= 0.3 is 0 Å². The number of thiophene rings is 1. The first kappa shape index (κ1) is 17.9. The number of nitrogens with one attached hydrogen (secondary N) is 1. The van der Waals surface area contributed by atoms with Gasteiger partial charge in [0.2, 0.25) is 6.79 Å². The van der Waals surface area contributed by atoms with Crippen LogP contribution in [0.3, 0.4) is 0 Å². The fourth-order valence-corrected chi connectivity index (χ4v) is 5.23. The number of benzene rings is 1. The van der Waals surface area contributed by atoms with Gasteiger partial charge < -0.3 is 20.5 Å². The van der Waals surface area contributed by atoms with Crippen LogP contribution in [0.5, 0.6) is 11.5 Å². The highest BCUT2D eigenvalue weighted by molar-refractivity contribution is 7.17. The third-order valence-electron chi connectivity index (χ3n) is 5.17. The Morgan fingerprint density at radius 3 is 2.89 bits per heavy atom. The summed E-state index contributed by atoms with van der Waals surface area (Å²) < 4.78 is 10.6. The predicted molar refractivity (Wildman–Crippen MR) is 104 cm³/mol. The number of hydrogen-bond acceptors (Lipinski definition) is 5. The smallest absolute Gasteiger partial charge is 0.256 e. The molecule has 1 atom stereocenters. The van der Waals surface area contributed by atoms with Crippen LogP contribution in [0.2, 0.25) is 0 Å². The zero-order chi connectivity index (χ0) is 19.0. The van der Waals surface area contributed by atoms with Crippen molar-refractivity contribution < 1.29 is 19.1 Å². The Morgan fingerprint density at radius 1 is 1.30 bits per heavy atom. The van der Waals surface area contributed by atoms with Crippen LogP contribution in [-0.2, 0) is 12.8 Å². The van der Waals surface area contributed by atoms with Crippen molar-refractivity contribution in [3.63, 3.8) is 0 Å². The van der Waals surface area contributed by atoms with Crippen molar-refractivity contribution in [2.45, 2.75) is 39.0 Å². The molecule has 0 bridgehead atoms. The average molecular weight is 386 g/mol. The van der Waals surface area contributed by atoms with Crippen LogP contribution in [-0.4, -0.2) is 18.6 Å². The van der Waals surface area contributed by atoms with Crippen LogP contribution < -0.4 is 20.5 Å². The minimum Gasteiger partial charge on any atom is -0.454 e. The van der Waals surface area contributed by atoms with Gasteiger partial charge in [-0.2, -0.15) is 0 Å². The Bertz CT molecular complexity index is 906. The van der Waals surface area contributed by atoms with Gasteiger partial charge in [0.05, 0.1) is 5.56 Å². The molecular weight excluding hydrogens is 364 g/mol. The van der Waals surface area contributed by atoms with Crippen LogP contribution in [0.4, 0.5) is 5.00 Å². The first-order valence-electron chi connectivity index (χ1n) is 9.22. The lowest BCUT2D eigenvalue weighted by molar-refractivity contribution is 0.1000. The van der Waals surface area contributed by atoms with Gasteiger partial charge in [0, 0.05) is 10.4 Å². The number of carbonyl (C=O) groups is 2. The maximum absolute atomic E-state index is 12.7. The van der Waals surface area contributed by atoms with E-state index in [1.165, 1.54) is 22.6 Å². The van der Waals surface area contributed by atoms with Gasteiger partial charge in [-0.1, -0.05) is 19.8 Å². The normalized spacial score (nSPS) is 17.4. The highest BCUT2D eigenvalue weighted by Crippen LogP contribution is 2.41. The van der Waals surface area contributed by atoms with E-state index in [2.05, 4.69) is 12.2 Å². The largest absolute Gasteiger partial charge is 0.454 e. The molecule has 0 saturated carbocycles. The standard InChI is InChI=1S/C20H22N2O4S/c1-2-3-11-4-6-13-16(8-11)27-20(17(13)18(21)23)22-19(24)12-5-7-14-15(9-12)26-10-25-14/h5,7,9,11H,2-4,6,8,10H2,1H3,(H2,21,23)(H,22,24). The van der Waals surface area contributed by atoms with Gasteiger partial charge in [0.15, 0.2) is 11.5 Å². The average Bonchev–Trinajstić information content (AvgIpc) is 3.24. The molecule has 4 rings (SSSR count). The predicted octanol–water partition coefficient (Wildman–Crippen LogP) is 3.73. The lowest BCUT2D eigenvalue weighted by Gasteiger charge is -2.21. The first-order valence-corrected chi connectivity index (χ1v) is 10.0. The summed E-state index contributed by atoms with van der Waals surface area (Å²) in [7, 11) is 0. The molecule has 1 aliphatic heterocycles. The number of anilines is 1. The summed E-state index contributed by atoms with van der Waals surface area (Å²) in [6.45, 7) is 2.35. The Hall–Kier alpha value is -2.54. The maximum Gasteiger partial charge on any atom is 0.256 e. The molecule has 0 radical (unpaired) electrons. The fraction of sp³-hybridized carbons (Fsp3) is 0.400.